The van der Waals surface area contributed by atoms with Gasteiger partial charge in [-0.05, 0) is 45.9 Å². The summed E-state index contributed by atoms with van der Waals surface area (Å²) in [5, 5.41) is 8.02. The van der Waals surface area contributed by atoms with Crippen LogP contribution in [0.25, 0.3) is 10.2 Å². The Balaban J connectivity index is 1.91. The van der Waals surface area contributed by atoms with Crippen LogP contribution >= 0.6 is 11.3 Å². The molecule has 0 bridgehead atoms. The minimum atomic E-state index is 0.181. The van der Waals surface area contributed by atoms with E-state index in [0.717, 1.165) is 23.6 Å². The van der Waals surface area contributed by atoms with E-state index in [-0.39, 0.29) is 5.54 Å². The zero-order valence-corrected chi connectivity index (χ0v) is 12.3. The molecular formula is C14H21N3S. The van der Waals surface area contributed by atoms with Gasteiger partial charge < -0.3 is 10.6 Å². The quantitative estimate of drug-likeness (QED) is 0.830. The van der Waals surface area contributed by atoms with Gasteiger partial charge in [0.25, 0.3) is 0 Å². The lowest BCUT2D eigenvalue weighted by Crippen LogP contribution is -2.38. The number of nitrogens with zero attached hydrogens (tertiary/aromatic N) is 1. The zero-order chi connectivity index (χ0) is 13.2. The van der Waals surface area contributed by atoms with Gasteiger partial charge in [-0.25, -0.2) is 4.98 Å². The second-order valence-corrected chi connectivity index (χ2v) is 6.75. The summed E-state index contributed by atoms with van der Waals surface area (Å²) in [6, 6.07) is 6.36. The molecule has 0 spiro atoms. The minimum absolute atomic E-state index is 0.181. The summed E-state index contributed by atoms with van der Waals surface area (Å²) in [6.45, 7) is 10.5. The van der Waals surface area contributed by atoms with Crippen LogP contribution in [0.1, 0.15) is 25.8 Å². The summed E-state index contributed by atoms with van der Waals surface area (Å²) in [5.74, 6) is 0. The van der Waals surface area contributed by atoms with Crippen molar-refractivity contribution >= 4 is 27.2 Å². The topological polar surface area (TPSA) is 37.0 Å². The third-order valence-corrected chi connectivity index (χ3v) is 3.54. The van der Waals surface area contributed by atoms with Crippen LogP contribution in [0, 0.1) is 6.92 Å². The fourth-order valence-electron chi connectivity index (χ4n) is 1.79. The van der Waals surface area contributed by atoms with Crippen LogP contribution in [0.15, 0.2) is 18.2 Å². The Hall–Kier alpha value is -1.13. The number of nitrogens with one attached hydrogen (secondary N) is 2. The maximum atomic E-state index is 4.46. The highest BCUT2D eigenvalue weighted by Gasteiger charge is 2.07. The monoisotopic (exact) mass is 263 g/mol. The summed E-state index contributed by atoms with van der Waals surface area (Å²) >= 11 is 1.74. The molecule has 0 aliphatic carbocycles. The normalized spacial score (nSPS) is 12.0. The molecule has 1 aromatic carbocycles. The molecule has 2 rings (SSSR count). The van der Waals surface area contributed by atoms with Gasteiger partial charge in [-0.3, -0.25) is 0 Å². The first-order valence-corrected chi connectivity index (χ1v) is 7.12. The Morgan fingerprint density at radius 2 is 2.00 bits per heavy atom. The molecule has 0 saturated carbocycles. The van der Waals surface area contributed by atoms with Crippen LogP contribution < -0.4 is 10.6 Å². The standard InChI is InChI=1S/C14H21N3S/c1-10-17-12-6-5-11(9-13(12)18-10)15-7-8-16-14(2,3)4/h5-6,9,15-16H,7-8H2,1-4H3. The molecule has 0 aliphatic heterocycles. The number of hydrogen-bond acceptors (Lipinski definition) is 4. The van der Waals surface area contributed by atoms with E-state index in [2.05, 4.69) is 54.6 Å². The van der Waals surface area contributed by atoms with Gasteiger partial charge >= 0.3 is 0 Å². The maximum absolute atomic E-state index is 4.46. The molecule has 1 heterocycles. The summed E-state index contributed by atoms with van der Waals surface area (Å²) in [4.78, 5) is 4.46. The number of anilines is 1. The molecular weight excluding hydrogens is 242 g/mol. The molecule has 0 fully saturated rings. The van der Waals surface area contributed by atoms with Crippen LogP contribution in [-0.2, 0) is 0 Å². The molecule has 0 amide bonds. The van der Waals surface area contributed by atoms with Crippen molar-refractivity contribution in [2.75, 3.05) is 18.4 Å². The van der Waals surface area contributed by atoms with Crippen molar-refractivity contribution in [1.82, 2.24) is 10.3 Å². The predicted molar refractivity (Wildman–Crippen MR) is 80.6 cm³/mol. The molecule has 98 valence electrons. The third kappa shape index (κ3) is 3.68. The van der Waals surface area contributed by atoms with Gasteiger partial charge in [0.05, 0.1) is 15.2 Å². The van der Waals surface area contributed by atoms with Crippen LogP contribution in [0.2, 0.25) is 0 Å². The first kappa shape index (κ1) is 13.3. The fraction of sp³-hybridized carbons (Fsp3) is 0.500. The molecule has 2 N–H and O–H groups in total. The smallest absolute Gasteiger partial charge is 0.0907 e. The van der Waals surface area contributed by atoms with Gasteiger partial charge in [0.2, 0.25) is 0 Å². The largest absolute Gasteiger partial charge is 0.384 e. The van der Waals surface area contributed by atoms with E-state index in [1.165, 1.54) is 10.4 Å². The van der Waals surface area contributed by atoms with Gasteiger partial charge in [0.15, 0.2) is 0 Å². The highest BCUT2D eigenvalue weighted by atomic mass is 32.1. The molecule has 2 aromatic rings. The summed E-state index contributed by atoms with van der Waals surface area (Å²) in [7, 11) is 0. The van der Waals surface area contributed by atoms with Crippen LogP contribution in [0.3, 0.4) is 0 Å². The zero-order valence-electron chi connectivity index (χ0n) is 11.5. The van der Waals surface area contributed by atoms with Crippen molar-refractivity contribution in [3.8, 4) is 0 Å². The van der Waals surface area contributed by atoms with Crippen LogP contribution in [0.4, 0.5) is 5.69 Å². The summed E-state index contributed by atoms with van der Waals surface area (Å²) in [6.07, 6.45) is 0. The van der Waals surface area contributed by atoms with Crippen molar-refractivity contribution in [3.63, 3.8) is 0 Å². The number of fused-ring (bicyclic) bond motifs is 1. The Bertz CT molecular complexity index is 525. The van der Waals surface area contributed by atoms with Crippen molar-refractivity contribution in [2.45, 2.75) is 33.2 Å². The van der Waals surface area contributed by atoms with E-state index in [1.807, 2.05) is 6.92 Å². The molecule has 0 unspecified atom stereocenters. The fourth-order valence-corrected chi connectivity index (χ4v) is 2.66. The van der Waals surface area contributed by atoms with Gasteiger partial charge in [0, 0.05) is 24.3 Å². The lowest BCUT2D eigenvalue weighted by molar-refractivity contribution is 0.435. The van der Waals surface area contributed by atoms with Gasteiger partial charge in [-0.15, -0.1) is 11.3 Å². The van der Waals surface area contributed by atoms with Crippen molar-refractivity contribution in [3.05, 3.63) is 23.2 Å². The second-order valence-electron chi connectivity index (χ2n) is 5.52. The first-order valence-electron chi connectivity index (χ1n) is 6.30. The number of benzene rings is 1. The number of aromatic nitrogens is 1. The van der Waals surface area contributed by atoms with E-state index >= 15 is 0 Å². The van der Waals surface area contributed by atoms with Crippen LogP contribution in [-0.4, -0.2) is 23.6 Å². The number of thiazole rings is 1. The Labute approximate surface area is 113 Å². The average molecular weight is 263 g/mol. The SMILES string of the molecule is Cc1nc2ccc(NCCNC(C)(C)C)cc2s1. The van der Waals surface area contributed by atoms with Crippen molar-refractivity contribution in [1.29, 1.82) is 0 Å². The number of hydrogen-bond donors (Lipinski definition) is 2. The maximum Gasteiger partial charge on any atom is 0.0907 e. The highest BCUT2D eigenvalue weighted by molar-refractivity contribution is 7.18. The van der Waals surface area contributed by atoms with Gasteiger partial charge in [-0.1, -0.05) is 0 Å². The van der Waals surface area contributed by atoms with E-state index in [4.69, 9.17) is 0 Å². The van der Waals surface area contributed by atoms with Gasteiger partial charge in [0.1, 0.15) is 0 Å². The first-order chi connectivity index (χ1) is 8.44. The molecule has 0 atom stereocenters. The predicted octanol–water partition coefficient (Wildman–Crippen LogP) is 3.40. The summed E-state index contributed by atoms with van der Waals surface area (Å²) in [5.41, 5.74) is 2.44. The Kier molecular flexibility index (Phi) is 3.88. The highest BCUT2D eigenvalue weighted by Crippen LogP contribution is 2.24. The lowest BCUT2D eigenvalue weighted by atomic mass is 10.1. The van der Waals surface area contributed by atoms with Crippen molar-refractivity contribution in [2.24, 2.45) is 0 Å². The van der Waals surface area contributed by atoms with E-state index in [0.29, 0.717) is 0 Å². The van der Waals surface area contributed by atoms with E-state index < -0.39 is 0 Å². The van der Waals surface area contributed by atoms with Gasteiger partial charge in [-0.2, -0.15) is 0 Å². The molecule has 4 heteroatoms. The number of rotatable bonds is 4. The third-order valence-electron chi connectivity index (χ3n) is 2.60. The number of aryl methyl sites for hydroxylation is 1. The van der Waals surface area contributed by atoms with Crippen molar-refractivity contribution < 1.29 is 0 Å². The van der Waals surface area contributed by atoms with Crippen LogP contribution in [0.5, 0.6) is 0 Å². The molecule has 3 nitrogen and oxygen atoms in total. The Morgan fingerprint density at radius 1 is 1.22 bits per heavy atom. The summed E-state index contributed by atoms with van der Waals surface area (Å²) < 4.78 is 1.25. The van der Waals surface area contributed by atoms with E-state index in [9.17, 15) is 0 Å². The Morgan fingerprint density at radius 3 is 2.72 bits per heavy atom. The molecule has 0 radical (unpaired) electrons. The lowest BCUT2D eigenvalue weighted by Gasteiger charge is -2.20. The minimum Gasteiger partial charge on any atom is -0.384 e. The average Bonchev–Trinajstić information content (AvgIpc) is 2.62. The molecule has 0 aliphatic rings. The van der Waals surface area contributed by atoms with E-state index in [1.54, 1.807) is 11.3 Å². The molecule has 18 heavy (non-hydrogen) atoms. The second kappa shape index (κ2) is 5.24. The molecule has 1 aromatic heterocycles. The molecule has 0 saturated heterocycles.